The summed E-state index contributed by atoms with van der Waals surface area (Å²) in [6, 6.07) is 6.26. The van der Waals surface area contributed by atoms with Gasteiger partial charge in [-0.15, -0.1) is 0 Å². The molecule has 0 aromatic heterocycles. The molecule has 9 heteroatoms. The van der Waals surface area contributed by atoms with Crippen LogP contribution in [0.3, 0.4) is 0 Å². The van der Waals surface area contributed by atoms with Crippen molar-refractivity contribution in [3.8, 4) is 0 Å². The van der Waals surface area contributed by atoms with Crippen LogP contribution in [-0.2, 0) is 14.9 Å². The Balaban J connectivity index is 2.67. The smallest absolute Gasteiger partial charge is 0.295 e. The monoisotopic (exact) mass is 338 g/mol. The topological polar surface area (TPSA) is 127 Å². The number of nitrogens with one attached hydrogen (secondary N) is 1. The molecule has 2 aromatic rings. The minimum atomic E-state index is -4.66. The molecule has 2 rings (SSSR count). The fourth-order valence-electron chi connectivity index (χ4n) is 1.99. The standard InChI is InChI=1S/C14H14N2O6S/c1-8(2)14(17)15-10-4-3-9-5-11(16(18)19)7-13(12(9)6-10)23(20,21)22/h3-8H,1-2H3,(H,15,17)(H,20,21,22). The predicted molar refractivity (Wildman–Crippen MR) is 83.9 cm³/mol. The van der Waals surface area contributed by atoms with E-state index in [0.29, 0.717) is 5.69 Å². The van der Waals surface area contributed by atoms with Gasteiger partial charge in [-0.25, -0.2) is 0 Å². The number of hydrogen-bond donors (Lipinski definition) is 2. The van der Waals surface area contributed by atoms with Crippen LogP contribution in [-0.4, -0.2) is 23.8 Å². The number of benzene rings is 2. The van der Waals surface area contributed by atoms with Crippen LogP contribution in [0.1, 0.15) is 13.8 Å². The lowest BCUT2D eigenvalue weighted by Crippen LogP contribution is -2.17. The van der Waals surface area contributed by atoms with E-state index in [2.05, 4.69) is 5.32 Å². The Kier molecular flexibility index (Phi) is 4.35. The Morgan fingerprint density at radius 1 is 1.26 bits per heavy atom. The van der Waals surface area contributed by atoms with Crippen LogP contribution in [0.2, 0.25) is 0 Å². The van der Waals surface area contributed by atoms with Crippen molar-refractivity contribution < 1.29 is 22.7 Å². The van der Waals surface area contributed by atoms with Crippen molar-refractivity contribution in [3.63, 3.8) is 0 Å². The lowest BCUT2D eigenvalue weighted by atomic mass is 10.1. The predicted octanol–water partition coefficient (Wildman–Crippen LogP) is 2.59. The number of nitro groups is 1. The van der Waals surface area contributed by atoms with Crippen LogP contribution in [0.25, 0.3) is 10.8 Å². The second-order valence-corrected chi connectivity index (χ2v) is 6.65. The highest BCUT2D eigenvalue weighted by Crippen LogP contribution is 2.30. The molecule has 0 saturated heterocycles. The maximum absolute atomic E-state index is 11.7. The Labute approximate surface area is 132 Å². The number of hydrogen-bond acceptors (Lipinski definition) is 5. The van der Waals surface area contributed by atoms with E-state index in [9.17, 15) is 27.9 Å². The maximum atomic E-state index is 11.7. The number of carbonyl (C=O) groups excluding carboxylic acids is 1. The van der Waals surface area contributed by atoms with E-state index < -0.39 is 25.6 Å². The molecule has 2 aromatic carbocycles. The number of nitrogens with zero attached hydrogens (tertiary/aromatic N) is 1. The molecule has 2 N–H and O–H groups in total. The highest BCUT2D eigenvalue weighted by molar-refractivity contribution is 7.86. The quantitative estimate of drug-likeness (QED) is 0.501. The van der Waals surface area contributed by atoms with Gasteiger partial charge in [-0.05, 0) is 17.5 Å². The molecule has 0 atom stereocenters. The van der Waals surface area contributed by atoms with Crippen LogP contribution in [0.5, 0.6) is 0 Å². The molecular formula is C14H14N2O6S. The highest BCUT2D eigenvalue weighted by atomic mass is 32.2. The Morgan fingerprint density at radius 2 is 1.91 bits per heavy atom. The van der Waals surface area contributed by atoms with Crippen molar-refractivity contribution in [3.05, 3.63) is 40.4 Å². The van der Waals surface area contributed by atoms with E-state index in [4.69, 9.17) is 0 Å². The van der Waals surface area contributed by atoms with Gasteiger partial charge in [0.2, 0.25) is 5.91 Å². The van der Waals surface area contributed by atoms with Crippen molar-refractivity contribution in [2.75, 3.05) is 5.32 Å². The molecule has 0 bridgehead atoms. The van der Waals surface area contributed by atoms with Crippen LogP contribution in [0.15, 0.2) is 35.2 Å². The van der Waals surface area contributed by atoms with Gasteiger partial charge < -0.3 is 5.32 Å². The molecule has 23 heavy (non-hydrogen) atoms. The molecule has 0 unspecified atom stereocenters. The van der Waals surface area contributed by atoms with Crippen LogP contribution in [0, 0.1) is 16.0 Å². The van der Waals surface area contributed by atoms with Gasteiger partial charge in [-0.2, -0.15) is 8.42 Å². The van der Waals surface area contributed by atoms with Gasteiger partial charge in [0.05, 0.1) is 4.92 Å². The van der Waals surface area contributed by atoms with E-state index in [1.165, 1.54) is 24.3 Å². The molecule has 0 aliphatic carbocycles. The zero-order valence-corrected chi connectivity index (χ0v) is 13.1. The molecule has 0 aliphatic heterocycles. The number of carbonyl (C=O) groups is 1. The first kappa shape index (κ1) is 16.8. The Bertz CT molecular complexity index is 905. The van der Waals surface area contributed by atoms with Crippen molar-refractivity contribution in [2.45, 2.75) is 18.7 Å². The number of anilines is 1. The number of non-ortho nitro benzene ring substituents is 1. The summed E-state index contributed by atoms with van der Waals surface area (Å²) in [7, 11) is -4.66. The van der Waals surface area contributed by atoms with Gasteiger partial charge in [0, 0.05) is 29.1 Å². The van der Waals surface area contributed by atoms with E-state index in [0.717, 1.165) is 6.07 Å². The summed E-state index contributed by atoms with van der Waals surface area (Å²) >= 11 is 0. The zero-order valence-electron chi connectivity index (χ0n) is 12.3. The van der Waals surface area contributed by atoms with Gasteiger partial charge in [0.15, 0.2) is 0 Å². The van der Waals surface area contributed by atoms with Gasteiger partial charge >= 0.3 is 0 Å². The molecule has 0 radical (unpaired) electrons. The van der Waals surface area contributed by atoms with Crippen LogP contribution >= 0.6 is 0 Å². The molecule has 1 amide bonds. The summed E-state index contributed by atoms with van der Waals surface area (Å²) in [5.41, 5.74) is -0.126. The molecule has 0 saturated carbocycles. The summed E-state index contributed by atoms with van der Waals surface area (Å²) in [4.78, 5) is 21.3. The Hall–Kier alpha value is -2.52. The summed E-state index contributed by atoms with van der Waals surface area (Å²) in [6.07, 6.45) is 0. The summed E-state index contributed by atoms with van der Waals surface area (Å²) < 4.78 is 32.3. The molecule has 0 aliphatic rings. The molecular weight excluding hydrogens is 324 g/mol. The third-order valence-electron chi connectivity index (χ3n) is 3.18. The minimum absolute atomic E-state index is 0.0830. The summed E-state index contributed by atoms with van der Waals surface area (Å²) in [5, 5.41) is 13.8. The molecule has 122 valence electrons. The normalized spacial score (nSPS) is 11.7. The molecule has 0 heterocycles. The lowest BCUT2D eigenvalue weighted by molar-refractivity contribution is -0.384. The first-order valence-electron chi connectivity index (χ1n) is 6.60. The zero-order chi connectivity index (χ0) is 17.4. The van der Waals surface area contributed by atoms with Crippen molar-refractivity contribution in [2.24, 2.45) is 5.92 Å². The third kappa shape index (κ3) is 3.63. The number of amides is 1. The first-order chi connectivity index (χ1) is 10.6. The number of fused-ring (bicyclic) bond motifs is 1. The second-order valence-electron chi connectivity index (χ2n) is 5.26. The van der Waals surface area contributed by atoms with E-state index in [1.54, 1.807) is 13.8 Å². The third-order valence-corrected chi connectivity index (χ3v) is 4.08. The fourth-order valence-corrected chi connectivity index (χ4v) is 2.72. The summed E-state index contributed by atoms with van der Waals surface area (Å²) in [6.45, 7) is 3.40. The van der Waals surface area contributed by atoms with E-state index in [1.807, 2.05) is 0 Å². The molecule has 0 fully saturated rings. The maximum Gasteiger partial charge on any atom is 0.295 e. The van der Waals surface area contributed by atoms with Crippen molar-refractivity contribution in [1.82, 2.24) is 0 Å². The SMILES string of the molecule is CC(C)C(=O)Nc1ccc2cc([N+](=O)[O-])cc(S(=O)(=O)O)c2c1. The van der Waals surface area contributed by atoms with Crippen molar-refractivity contribution >= 4 is 38.2 Å². The average Bonchev–Trinajstić information content (AvgIpc) is 2.44. The second kappa shape index (κ2) is 5.94. The van der Waals surface area contributed by atoms with Gasteiger partial charge in [0.1, 0.15) is 4.90 Å². The minimum Gasteiger partial charge on any atom is -0.326 e. The largest absolute Gasteiger partial charge is 0.326 e. The van der Waals surface area contributed by atoms with Gasteiger partial charge in [-0.3, -0.25) is 19.5 Å². The van der Waals surface area contributed by atoms with Crippen LogP contribution in [0.4, 0.5) is 11.4 Å². The first-order valence-corrected chi connectivity index (χ1v) is 8.04. The van der Waals surface area contributed by atoms with Crippen molar-refractivity contribution in [1.29, 1.82) is 0 Å². The number of rotatable bonds is 4. The average molecular weight is 338 g/mol. The Morgan fingerprint density at radius 3 is 2.43 bits per heavy atom. The lowest BCUT2D eigenvalue weighted by Gasteiger charge is -2.10. The fraction of sp³-hybridized carbons (Fsp3) is 0.214. The van der Waals surface area contributed by atoms with E-state index >= 15 is 0 Å². The summed E-state index contributed by atoms with van der Waals surface area (Å²) in [5.74, 6) is -0.539. The van der Waals surface area contributed by atoms with E-state index in [-0.39, 0.29) is 22.6 Å². The van der Waals surface area contributed by atoms with Crippen LogP contribution < -0.4 is 5.32 Å². The van der Waals surface area contributed by atoms with Gasteiger partial charge in [0.25, 0.3) is 15.8 Å². The molecule has 0 spiro atoms. The highest BCUT2D eigenvalue weighted by Gasteiger charge is 2.20. The van der Waals surface area contributed by atoms with Gasteiger partial charge in [-0.1, -0.05) is 19.9 Å². The number of nitro benzene ring substituents is 1. The molecule has 8 nitrogen and oxygen atoms in total.